The van der Waals surface area contributed by atoms with Gasteiger partial charge in [-0.05, 0) is 49.2 Å². The maximum Gasteiger partial charge on any atom is 0.289 e. The van der Waals surface area contributed by atoms with E-state index in [1.165, 1.54) is 5.56 Å². The summed E-state index contributed by atoms with van der Waals surface area (Å²) in [7, 11) is 0. The molecule has 28 heavy (non-hydrogen) atoms. The van der Waals surface area contributed by atoms with Gasteiger partial charge in [0.15, 0.2) is 5.76 Å². The Balaban J connectivity index is 1.42. The predicted octanol–water partition coefficient (Wildman–Crippen LogP) is 3.18. The minimum Gasteiger partial charge on any atom is -0.456 e. The van der Waals surface area contributed by atoms with Gasteiger partial charge in [-0.15, -0.1) is 0 Å². The van der Waals surface area contributed by atoms with Gasteiger partial charge in [0.05, 0.1) is 16.8 Å². The summed E-state index contributed by atoms with van der Waals surface area (Å²) in [5.41, 5.74) is 3.31. The highest BCUT2D eigenvalue weighted by molar-refractivity contribution is 5.92. The smallest absolute Gasteiger partial charge is 0.289 e. The number of rotatable bonds is 3. The van der Waals surface area contributed by atoms with E-state index in [0.717, 1.165) is 43.2 Å². The predicted molar refractivity (Wildman–Crippen MR) is 105 cm³/mol. The largest absolute Gasteiger partial charge is 0.456 e. The monoisotopic (exact) mass is 374 g/mol. The summed E-state index contributed by atoms with van der Waals surface area (Å²) in [6, 6.07) is 11.8. The van der Waals surface area contributed by atoms with Crippen LogP contribution in [-0.4, -0.2) is 40.4 Å². The second-order valence-electron chi connectivity index (χ2n) is 7.76. The molecule has 0 aromatic carbocycles. The van der Waals surface area contributed by atoms with E-state index in [4.69, 9.17) is 9.40 Å². The highest BCUT2D eigenvalue weighted by Gasteiger charge is 2.49. The van der Waals surface area contributed by atoms with Crippen LogP contribution in [0, 0.1) is 6.92 Å². The molecule has 1 fully saturated rings. The van der Waals surface area contributed by atoms with Crippen LogP contribution < -0.4 is 4.90 Å². The Bertz CT molecular complexity index is 1020. The molecule has 2 aliphatic rings. The molecule has 5 rings (SSSR count). The molecule has 3 aromatic rings. The first-order valence-corrected chi connectivity index (χ1v) is 9.60. The third kappa shape index (κ3) is 2.76. The first-order chi connectivity index (χ1) is 13.6. The molecule has 0 bridgehead atoms. The molecule has 6 heteroatoms. The van der Waals surface area contributed by atoms with Crippen molar-refractivity contribution in [3.63, 3.8) is 0 Å². The van der Waals surface area contributed by atoms with Crippen LogP contribution in [0.2, 0.25) is 0 Å². The van der Waals surface area contributed by atoms with E-state index >= 15 is 0 Å². The van der Waals surface area contributed by atoms with Gasteiger partial charge in [0.2, 0.25) is 0 Å². The van der Waals surface area contributed by atoms with Crippen LogP contribution in [-0.2, 0) is 12.0 Å². The minimum absolute atomic E-state index is 0.0341. The molecule has 0 saturated carbocycles. The first-order valence-electron chi connectivity index (χ1n) is 9.60. The number of nitrogens with zero attached hydrogens (tertiary/aromatic N) is 4. The van der Waals surface area contributed by atoms with Crippen molar-refractivity contribution in [1.29, 1.82) is 0 Å². The number of carbonyl (C=O) groups excluding carboxylic acids is 1. The molecule has 0 unspecified atom stereocenters. The van der Waals surface area contributed by atoms with Gasteiger partial charge >= 0.3 is 0 Å². The summed E-state index contributed by atoms with van der Waals surface area (Å²) < 4.78 is 5.55. The molecule has 0 aliphatic carbocycles. The Labute approximate surface area is 163 Å². The van der Waals surface area contributed by atoms with E-state index in [9.17, 15) is 4.79 Å². The molecule has 1 spiro atoms. The average Bonchev–Trinajstić information content (AvgIpc) is 3.42. The van der Waals surface area contributed by atoms with Gasteiger partial charge in [-0.25, -0.2) is 0 Å². The molecule has 1 saturated heterocycles. The van der Waals surface area contributed by atoms with Crippen LogP contribution in [0.5, 0.6) is 0 Å². The zero-order valence-corrected chi connectivity index (χ0v) is 15.8. The molecule has 1 amide bonds. The molecule has 6 nitrogen and oxygen atoms in total. The average molecular weight is 374 g/mol. The lowest BCUT2D eigenvalue weighted by Gasteiger charge is -2.25. The van der Waals surface area contributed by atoms with Gasteiger partial charge in [-0.3, -0.25) is 14.8 Å². The number of aromatic nitrogens is 2. The minimum atomic E-state index is -0.129. The number of likely N-dealkylation sites (tertiary alicyclic amines) is 1. The molecular formula is C22H22N4O2. The van der Waals surface area contributed by atoms with Crippen molar-refractivity contribution < 1.29 is 9.21 Å². The van der Waals surface area contributed by atoms with Gasteiger partial charge in [-0.2, -0.15) is 0 Å². The Kier molecular flexibility index (Phi) is 3.93. The fourth-order valence-corrected chi connectivity index (χ4v) is 4.51. The van der Waals surface area contributed by atoms with E-state index in [-0.39, 0.29) is 11.3 Å². The topological polar surface area (TPSA) is 62.5 Å². The van der Waals surface area contributed by atoms with Crippen molar-refractivity contribution in [1.82, 2.24) is 14.9 Å². The van der Waals surface area contributed by atoms with E-state index in [1.54, 1.807) is 12.3 Å². The van der Waals surface area contributed by atoms with Crippen molar-refractivity contribution in [3.8, 4) is 0 Å². The molecule has 0 N–H and O–H groups in total. The quantitative estimate of drug-likeness (QED) is 0.705. The summed E-state index contributed by atoms with van der Waals surface area (Å²) >= 11 is 0. The van der Waals surface area contributed by atoms with E-state index < -0.39 is 0 Å². The van der Waals surface area contributed by atoms with E-state index in [0.29, 0.717) is 12.3 Å². The number of fused-ring (bicyclic) bond motifs is 2. The highest BCUT2D eigenvalue weighted by Crippen LogP contribution is 2.45. The molecule has 142 valence electrons. The lowest BCUT2D eigenvalue weighted by Crippen LogP contribution is -2.38. The zero-order chi connectivity index (χ0) is 19.1. The number of hydrogen-bond donors (Lipinski definition) is 0. The lowest BCUT2D eigenvalue weighted by molar-refractivity contribution is 0.0751. The number of anilines is 1. The summed E-state index contributed by atoms with van der Waals surface area (Å²) in [5, 5.41) is 0. The number of hydrogen-bond acceptors (Lipinski definition) is 5. The Morgan fingerprint density at radius 1 is 1.18 bits per heavy atom. The van der Waals surface area contributed by atoms with Crippen LogP contribution in [0.4, 0.5) is 5.69 Å². The standard InChI is InChI=1S/C22H22N4O2/c1-16-6-7-19(28-16)21(27)25-11-8-22(14-25)15-26(13-17-4-2-9-23-12-17)18-5-3-10-24-20(18)22/h2-7,9-10,12H,8,11,13-15H2,1H3/t22-/m0/s1. The lowest BCUT2D eigenvalue weighted by atomic mass is 9.85. The van der Waals surface area contributed by atoms with Gasteiger partial charge < -0.3 is 14.2 Å². The third-order valence-corrected chi connectivity index (χ3v) is 5.81. The fraction of sp³-hybridized carbons (Fsp3) is 0.318. The van der Waals surface area contributed by atoms with Gasteiger partial charge in [0, 0.05) is 44.8 Å². The van der Waals surface area contributed by atoms with Gasteiger partial charge in [-0.1, -0.05) is 6.07 Å². The number of furan rings is 1. The second-order valence-corrected chi connectivity index (χ2v) is 7.76. The van der Waals surface area contributed by atoms with Crippen LogP contribution >= 0.6 is 0 Å². The van der Waals surface area contributed by atoms with Crippen LogP contribution in [0.25, 0.3) is 0 Å². The number of pyridine rings is 2. The summed E-state index contributed by atoms with van der Waals surface area (Å²) in [5.74, 6) is 1.14. The number of carbonyl (C=O) groups is 1. The highest BCUT2D eigenvalue weighted by atomic mass is 16.3. The number of amides is 1. The van der Waals surface area contributed by atoms with E-state index in [2.05, 4.69) is 22.0 Å². The molecule has 3 aromatic heterocycles. The van der Waals surface area contributed by atoms with Crippen molar-refractivity contribution in [2.45, 2.75) is 25.3 Å². The van der Waals surface area contributed by atoms with Crippen LogP contribution in [0.3, 0.4) is 0 Å². The first kappa shape index (κ1) is 17.0. The Hall–Kier alpha value is -3.15. The van der Waals surface area contributed by atoms with Crippen LogP contribution in [0.1, 0.15) is 34.0 Å². The van der Waals surface area contributed by atoms with Crippen molar-refractivity contribution >= 4 is 11.6 Å². The normalized spacial score (nSPS) is 20.8. The van der Waals surface area contributed by atoms with Crippen LogP contribution in [0.15, 0.2) is 59.4 Å². The van der Waals surface area contributed by atoms with Crippen molar-refractivity contribution in [2.75, 3.05) is 24.5 Å². The van der Waals surface area contributed by atoms with E-state index in [1.807, 2.05) is 42.4 Å². The summed E-state index contributed by atoms with van der Waals surface area (Å²) in [6.07, 6.45) is 6.46. The van der Waals surface area contributed by atoms with Gasteiger partial charge in [0.1, 0.15) is 5.76 Å². The fourth-order valence-electron chi connectivity index (χ4n) is 4.51. The van der Waals surface area contributed by atoms with Crippen molar-refractivity contribution in [3.05, 3.63) is 77.8 Å². The summed E-state index contributed by atoms with van der Waals surface area (Å²) in [4.78, 5) is 26.1. The molecular weight excluding hydrogens is 352 g/mol. The second kappa shape index (κ2) is 6.48. The molecule has 0 radical (unpaired) electrons. The third-order valence-electron chi connectivity index (χ3n) is 5.81. The zero-order valence-electron chi connectivity index (χ0n) is 15.8. The maximum atomic E-state index is 12.9. The molecule has 2 aliphatic heterocycles. The molecule has 1 atom stereocenters. The Morgan fingerprint density at radius 3 is 2.86 bits per heavy atom. The van der Waals surface area contributed by atoms with Crippen molar-refractivity contribution in [2.24, 2.45) is 0 Å². The molecule has 5 heterocycles. The summed E-state index contributed by atoms with van der Waals surface area (Å²) in [6.45, 7) is 4.89. The maximum absolute atomic E-state index is 12.9. The number of aryl methyl sites for hydroxylation is 1. The van der Waals surface area contributed by atoms with Gasteiger partial charge in [0.25, 0.3) is 5.91 Å². The Morgan fingerprint density at radius 2 is 2.07 bits per heavy atom. The SMILES string of the molecule is Cc1ccc(C(=O)N2CC[C@]3(C2)CN(Cc2cccnc2)c2cccnc23)o1.